The minimum absolute atomic E-state index is 0.0344. The van der Waals surface area contributed by atoms with Crippen LogP contribution in [0.2, 0.25) is 0 Å². The summed E-state index contributed by atoms with van der Waals surface area (Å²) in [6, 6.07) is -0.515. The summed E-state index contributed by atoms with van der Waals surface area (Å²) >= 11 is 0. The van der Waals surface area contributed by atoms with Crippen LogP contribution in [-0.4, -0.2) is 53.8 Å². The molecule has 3 fully saturated rings. The molecule has 2 N–H and O–H groups in total. The average molecular weight is 393 g/mol. The van der Waals surface area contributed by atoms with Gasteiger partial charge in [-0.25, -0.2) is 4.79 Å². The van der Waals surface area contributed by atoms with Gasteiger partial charge >= 0.3 is 12.0 Å². The zero-order valence-corrected chi connectivity index (χ0v) is 15.9. The van der Waals surface area contributed by atoms with Crippen LogP contribution in [0.1, 0.15) is 57.8 Å². The van der Waals surface area contributed by atoms with Crippen molar-refractivity contribution >= 4 is 29.7 Å². The number of nitrogens with one attached hydrogen (secondary N) is 2. The molecule has 0 aromatic carbocycles. The van der Waals surface area contributed by atoms with Crippen molar-refractivity contribution in [3.05, 3.63) is 0 Å². The van der Waals surface area contributed by atoms with E-state index in [1.807, 2.05) is 0 Å². The van der Waals surface area contributed by atoms with Crippen LogP contribution in [0.15, 0.2) is 0 Å². The molecule has 154 valence electrons. The van der Waals surface area contributed by atoms with E-state index in [4.69, 9.17) is 4.74 Å². The van der Waals surface area contributed by atoms with Crippen LogP contribution in [0.4, 0.5) is 4.79 Å². The molecule has 3 rings (SSSR count). The standard InChI is InChI=1S/C19H27N3O6/c23-15(21-19(27)20-12-5-1-2-6-12)11-28-16(24)9-10-22-17(25)13-7-3-4-8-14(13)18(22)26/h12-14H,1-11H2,(H2,20,21,23,27)/t13-,14+. The maximum atomic E-state index is 12.3. The molecule has 2 aliphatic carbocycles. The van der Waals surface area contributed by atoms with Gasteiger partial charge in [0.1, 0.15) is 0 Å². The molecule has 2 atom stereocenters. The highest BCUT2D eigenvalue weighted by atomic mass is 16.5. The van der Waals surface area contributed by atoms with E-state index in [-0.39, 0.29) is 42.7 Å². The van der Waals surface area contributed by atoms with Crippen molar-refractivity contribution in [2.45, 2.75) is 63.8 Å². The van der Waals surface area contributed by atoms with E-state index in [9.17, 15) is 24.0 Å². The molecule has 0 spiro atoms. The first-order valence-corrected chi connectivity index (χ1v) is 10.1. The van der Waals surface area contributed by atoms with E-state index < -0.39 is 24.5 Å². The fraction of sp³-hybridized carbons (Fsp3) is 0.737. The van der Waals surface area contributed by atoms with Crippen LogP contribution in [0.3, 0.4) is 0 Å². The average Bonchev–Trinajstić information content (AvgIpc) is 3.26. The lowest BCUT2D eigenvalue weighted by Crippen LogP contribution is -2.45. The van der Waals surface area contributed by atoms with Crippen molar-refractivity contribution in [2.75, 3.05) is 13.2 Å². The molecule has 0 radical (unpaired) electrons. The van der Waals surface area contributed by atoms with Gasteiger partial charge in [-0.3, -0.25) is 29.4 Å². The van der Waals surface area contributed by atoms with Gasteiger partial charge in [-0.1, -0.05) is 25.7 Å². The summed E-state index contributed by atoms with van der Waals surface area (Å²) in [6.07, 6.45) is 7.06. The number of urea groups is 1. The van der Waals surface area contributed by atoms with E-state index in [1.165, 1.54) is 0 Å². The second-order valence-electron chi connectivity index (χ2n) is 7.74. The molecular formula is C19H27N3O6. The summed E-state index contributed by atoms with van der Waals surface area (Å²) in [7, 11) is 0. The van der Waals surface area contributed by atoms with Gasteiger partial charge in [0.25, 0.3) is 5.91 Å². The highest BCUT2D eigenvalue weighted by Crippen LogP contribution is 2.37. The second-order valence-corrected chi connectivity index (χ2v) is 7.74. The molecule has 9 nitrogen and oxygen atoms in total. The number of likely N-dealkylation sites (tertiary alicyclic amines) is 1. The van der Waals surface area contributed by atoms with E-state index in [2.05, 4.69) is 10.6 Å². The molecular weight excluding hydrogens is 366 g/mol. The van der Waals surface area contributed by atoms with Gasteiger partial charge in [-0.15, -0.1) is 0 Å². The third-order valence-corrected chi connectivity index (χ3v) is 5.78. The number of imide groups is 2. The fourth-order valence-corrected chi connectivity index (χ4v) is 4.33. The van der Waals surface area contributed by atoms with Crippen molar-refractivity contribution in [1.29, 1.82) is 0 Å². The minimum Gasteiger partial charge on any atom is -0.456 e. The maximum absolute atomic E-state index is 12.3. The van der Waals surface area contributed by atoms with Crippen LogP contribution < -0.4 is 10.6 Å². The molecule has 5 amide bonds. The quantitative estimate of drug-likeness (QED) is 0.510. The van der Waals surface area contributed by atoms with Crippen LogP contribution in [0.5, 0.6) is 0 Å². The molecule has 0 unspecified atom stereocenters. The van der Waals surface area contributed by atoms with E-state index in [0.717, 1.165) is 56.3 Å². The molecule has 0 aromatic rings. The lowest BCUT2D eigenvalue weighted by atomic mass is 9.81. The molecule has 1 aliphatic heterocycles. The van der Waals surface area contributed by atoms with Crippen molar-refractivity contribution in [3.8, 4) is 0 Å². The second kappa shape index (κ2) is 9.16. The number of amides is 5. The van der Waals surface area contributed by atoms with Crippen molar-refractivity contribution in [3.63, 3.8) is 0 Å². The number of rotatable bonds is 6. The molecule has 2 saturated carbocycles. The van der Waals surface area contributed by atoms with Gasteiger partial charge in [0.2, 0.25) is 11.8 Å². The first-order chi connectivity index (χ1) is 13.5. The Kier molecular flexibility index (Phi) is 6.64. The number of carbonyl (C=O) groups excluding carboxylic acids is 5. The summed E-state index contributed by atoms with van der Waals surface area (Å²) in [5.74, 6) is -2.32. The topological polar surface area (TPSA) is 122 Å². The van der Waals surface area contributed by atoms with Gasteiger partial charge in [0.05, 0.1) is 18.3 Å². The number of esters is 1. The Bertz CT molecular complexity index is 634. The predicted octanol–water partition coefficient (Wildman–Crippen LogP) is 0.863. The lowest BCUT2D eigenvalue weighted by Gasteiger charge is -2.19. The molecule has 0 aromatic heterocycles. The van der Waals surface area contributed by atoms with Crippen LogP contribution >= 0.6 is 0 Å². The Morgan fingerprint density at radius 2 is 1.50 bits per heavy atom. The monoisotopic (exact) mass is 393 g/mol. The summed E-state index contributed by atoms with van der Waals surface area (Å²) in [6.45, 7) is -0.614. The number of nitrogens with zero attached hydrogens (tertiary/aromatic N) is 1. The number of carbonyl (C=O) groups is 5. The van der Waals surface area contributed by atoms with Crippen molar-refractivity contribution < 1.29 is 28.7 Å². The Balaban J connectivity index is 1.35. The van der Waals surface area contributed by atoms with Crippen LogP contribution in [-0.2, 0) is 23.9 Å². The first kappa shape index (κ1) is 20.3. The van der Waals surface area contributed by atoms with Crippen LogP contribution in [0, 0.1) is 11.8 Å². The van der Waals surface area contributed by atoms with Crippen LogP contribution in [0.25, 0.3) is 0 Å². The zero-order chi connectivity index (χ0) is 20.1. The highest BCUT2D eigenvalue weighted by Gasteiger charge is 2.47. The summed E-state index contributed by atoms with van der Waals surface area (Å²) < 4.78 is 4.84. The van der Waals surface area contributed by atoms with E-state index >= 15 is 0 Å². The van der Waals surface area contributed by atoms with Crippen molar-refractivity contribution in [2.24, 2.45) is 11.8 Å². The third kappa shape index (κ3) is 4.88. The molecule has 9 heteroatoms. The molecule has 1 heterocycles. The number of hydrogen-bond donors (Lipinski definition) is 2. The number of hydrogen-bond acceptors (Lipinski definition) is 6. The van der Waals surface area contributed by atoms with Gasteiger partial charge in [-0.2, -0.15) is 0 Å². The SMILES string of the molecule is O=C(COC(=O)CCN1C(=O)[C@H]2CCCC[C@H]2C1=O)NC(=O)NC1CCCC1. The smallest absolute Gasteiger partial charge is 0.321 e. The summed E-state index contributed by atoms with van der Waals surface area (Å²) in [5.41, 5.74) is 0. The van der Waals surface area contributed by atoms with E-state index in [0.29, 0.717) is 0 Å². The Hall–Kier alpha value is -2.45. The minimum atomic E-state index is -0.719. The summed E-state index contributed by atoms with van der Waals surface area (Å²) in [4.78, 5) is 61.1. The number of fused-ring (bicyclic) bond motifs is 1. The molecule has 3 aliphatic rings. The molecule has 28 heavy (non-hydrogen) atoms. The van der Waals surface area contributed by atoms with Gasteiger partial charge < -0.3 is 10.1 Å². The fourth-order valence-electron chi connectivity index (χ4n) is 4.33. The zero-order valence-electron chi connectivity index (χ0n) is 15.9. The summed E-state index contributed by atoms with van der Waals surface area (Å²) in [5, 5.41) is 4.82. The first-order valence-electron chi connectivity index (χ1n) is 10.1. The Labute approximate surface area is 163 Å². The predicted molar refractivity (Wildman–Crippen MR) is 96.7 cm³/mol. The highest BCUT2D eigenvalue weighted by molar-refractivity contribution is 6.05. The van der Waals surface area contributed by atoms with Gasteiger partial charge in [0.15, 0.2) is 6.61 Å². The Morgan fingerprint density at radius 1 is 0.929 bits per heavy atom. The third-order valence-electron chi connectivity index (χ3n) is 5.78. The normalized spacial score (nSPS) is 24.8. The Morgan fingerprint density at radius 3 is 2.11 bits per heavy atom. The molecule has 1 saturated heterocycles. The van der Waals surface area contributed by atoms with Gasteiger partial charge in [-0.05, 0) is 25.7 Å². The number of ether oxygens (including phenoxy) is 1. The molecule has 0 bridgehead atoms. The maximum Gasteiger partial charge on any atom is 0.321 e. The van der Waals surface area contributed by atoms with Gasteiger partial charge in [0, 0.05) is 12.6 Å². The largest absolute Gasteiger partial charge is 0.456 e. The van der Waals surface area contributed by atoms with Crippen molar-refractivity contribution in [1.82, 2.24) is 15.5 Å². The lowest BCUT2D eigenvalue weighted by molar-refractivity contribution is -0.149. The van der Waals surface area contributed by atoms with E-state index in [1.54, 1.807) is 0 Å².